The Labute approximate surface area is 105 Å². The number of hydrogen-bond acceptors (Lipinski definition) is 1. The third kappa shape index (κ3) is 2.47. The molecule has 0 N–H and O–H groups in total. The number of nitrogens with zero attached hydrogens (tertiary/aromatic N) is 1. The first kappa shape index (κ1) is 12.1. The molecule has 2 aromatic rings. The van der Waals surface area contributed by atoms with Gasteiger partial charge < -0.3 is 0 Å². The van der Waals surface area contributed by atoms with Crippen molar-refractivity contribution in [2.24, 2.45) is 0 Å². The lowest BCUT2D eigenvalue weighted by Crippen LogP contribution is -1.96. The van der Waals surface area contributed by atoms with Crippen LogP contribution in [-0.2, 0) is 0 Å². The van der Waals surface area contributed by atoms with Gasteiger partial charge in [-0.1, -0.05) is 37.6 Å². The average molecular weight is 250 g/mol. The van der Waals surface area contributed by atoms with Crippen molar-refractivity contribution in [3.63, 3.8) is 0 Å². The summed E-state index contributed by atoms with van der Waals surface area (Å²) in [5.74, 6) is -0.104. The van der Waals surface area contributed by atoms with Crippen LogP contribution in [-0.4, -0.2) is 4.98 Å². The lowest BCUT2D eigenvalue weighted by molar-refractivity contribution is 0.628. The normalized spacial score (nSPS) is 10.9. The first-order chi connectivity index (χ1) is 8.09. The molecule has 88 valence electrons. The number of benzene rings is 1. The minimum atomic E-state index is -0.400. The van der Waals surface area contributed by atoms with E-state index in [1.807, 2.05) is 18.2 Å². The zero-order valence-electron chi connectivity index (χ0n) is 9.74. The minimum absolute atomic E-state index is 0.142. The Morgan fingerprint density at radius 2 is 2.00 bits per heavy atom. The van der Waals surface area contributed by atoms with Gasteiger partial charge in [0.2, 0.25) is 0 Å². The van der Waals surface area contributed by atoms with Gasteiger partial charge in [0.1, 0.15) is 5.82 Å². The van der Waals surface area contributed by atoms with Crippen molar-refractivity contribution < 1.29 is 4.39 Å². The van der Waals surface area contributed by atoms with E-state index < -0.39 is 5.82 Å². The van der Waals surface area contributed by atoms with Crippen LogP contribution in [0.2, 0.25) is 5.02 Å². The van der Waals surface area contributed by atoms with Gasteiger partial charge in [0.25, 0.3) is 0 Å². The molecule has 0 saturated carbocycles. The summed E-state index contributed by atoms with van der Waals surface area (Å²) in [6.45, 7) is 4.14. The number of hydrogen-bond donors (Lipinski definition) is 0. The minimum Gasteiger partial charge on any atom is -0.260 e. The molecule has 1 aromatic carbocycles. The van der Waals surface area contributed by atoms with Gasteiger partial charge in [-0.15, -0.1) is 0 Å². The molecule has 0 aliphatic carbocycles. The topological polar surface area (TPSA) is 12.9 Å². The Kier molecular flexibility index (Phi) is 3.43. The first-order valence-corrected chi connectivity index (χ1v) is 5.87. The molecule has 1 aromatic heterocycles. The molecular formula is C14H13ClFN. The van der Waals surface area contributed by atoms with E-state index in [9.17, 15) is 4.39 Å². The van der Waals surface area contributed by atoms with Crippen LogP contribution in [0.4, 0.5) is 4.39 Å². The predicted molar refractivity (Wildman–Crippen MR) is 68.7 cm³/mol. The quantitative estimate of drug-likeness (QED) is 0.754. The van der Waals surface area contributed by atoms with Crippen molar-refractivity contribution >= 4 is 11.6 Å². The molecule has 0 fully saturated rings. The maximum absolute atomic E-state index is 13.4. The highest BCUT2D eigenvalue weighted by atomic mass is 35.5. The van der Waals surface area contributed by atoms with Crippen LogP contribution in [0.15, 0.2) is 36.5 Å². The van der Waals surface area contributed by atoms with Crippen LogP contribution in [0.3, 0.4) is 0 Å². The molecule has 2 rings (SSSR count). The lowest BCUT2D eigenvalue weighted by atomic mass is 9.98. The van der Waals surface area contributed by atoms with E-state index in [1.54, 1.807) is 12.3 Å². The fourth-order valence-electron chi connectivity index (χ4n) is 1.79. The van der Waals surface area contributed by atoms with Crippen molar-refractivity contribution in [3.05, 3.63) is 53.1 Å². The molecule has 3 heteroatoms. The fraction of sp³-hybridized carbons (Fsp3) is 0.214. The summed E-state index contributed by atoms with van der Waals surface area (Å²) in [5, 5.41) is 0.142. The molecule has 0 spiro atoms. The highest BCUT2D eigenvalue weighted by Gasteiger charge is 2.10. The number of aromatic nitrogens is 1. The second-order valence-corrected chi connectivity index (χ2v) is 4.63. The van der Waals surface area contributed by atoms with E-state index in [-0.39, 0.29) is 5.02 Å². The molecule has 0 atom stereocenters. The van der Waals surface area contributed by atoms with Gasteiger partial charge in [0.15, 0.2) is 0 Å². The van der Waals surface area contributed by atoms with E-state index in [0.717, 1.165) is 16.8 Å². The maximum Gasteiger partial charge on any atom is 0.142 e. The first-order valence-electron chi connectivity index (χ1n) is 5.50. The van der Waals surface area contributed by atoms with Crippen LogP contribution < -0.4 is 0 Å². The standard InChI is InChI=1S/C14H13ClFN/c1-9(2)14-11(4-3-7-17-14)10-5-6-12(15)13(16)8-10/h3-9H,1-2H3. The van der Waals surface area contributed by atoms with Gasteiger partial charge in [-0.25, -0.2) is 4.39 Å². The summed E-state index contributed by atoms with van der Waals surface area (Å²) in [6, 6.07) is 8.64. The molecule has 1 nitrogen and oxygen atoms in total. The van der Waals surface area contributed by atoms with E-state index >= 15 is 0 Å². The molecule has 0 bridgehead atoms. The fourth-order valence-corrected chi connectivity index (χ4v) is 1.90. The molecule has 0 radical (unpaired) electrons. The predicted octanol–water partition coefficient (Wildman–Crippen LogP) is 4.66. The van der Waals surface area contributed by atoms with E-state index in [1.165, 1.54) is 6.07 Å². The summed E-state index contributed by atoms with van der Waals surface area (Å²) in [6.07, 6.45) is 1.76. The highest BCUT2D eigenvalue weighted by Crippen LogP contribution is 2.29. The monoisotopic (exact) mass is 249 g/mol. The third-order valence-electron chi connectivity index (χ3n) is 2.62. The molecule has 0 unspecified atom stereocenters. The summed E-state index contributed by atoms with van der Waals surface area (Å²) in [4.78, 5) is 4.35. The molecular weight excluding hydrogens is 237 g/mol. The van der Waals surface area contributed by atoms with Crippen LogP contribution >= 0.6 is 11.6 Å². The van der Waals surface area contributed by atoms with Crippen LogP contribution in [0, 0.1) is 5.82 Å². The molecule has 1 heterocycles. The van der Waals surface area contributed by atoms with Gasteiger partial charge in [-0.05, 0) is 29.7 Å². The van der Waals surface area contributed by atoms with Crippen molar-refractivity contribution in [1.82, 2.24) is 4.98 Å². The summed E-state index contributed by atoms with van der Waals surface area (Å²) >= 11 is 5.68. The average Bonchev–Trinajstić information content (AvgIpc) is 2.32. The highest BCUT2D eigenvalue weighted by molar-refractivity contribution is 6.30. The zero-order chi connectivity index (χ0) is 12.4. The van der Waals surface area contributed by atoms with E-state index in [0.29, 0.717) is 5.92 Å². The molecule has 0 aliphatic rings. The van der Waals surface area contributed by atoms with Crippen molar-refractivity contribution in [2.75, 3.05) is 0 Å². The van der Waals surface area contributed by atoms with Crippen LogP contribution in [0.25, 0.3) is 11.1 Å². The summed E-state index contributed by atoms with van der Waals surface area (Å²) < 4.78 is 13.4. The molecule has 0 saturated heterocycles. The summed E-state index contributed by atoms with van der Waals surface area (Å²) in [7, 11) is 0. The second kappa shape index (κ2) is 4.84. The van der Waals surface area contributed by atoms with Crippen molar-refractivity contribution in [2.45, 2.75) is 19.8 Å². The lowest BCUT2D eigenvalue weighted by Gasteiger charge is -2.11. The van der Waals surface area contributed by atoms with Gasteiger partial charge in [-0.3, -0.25) is 4.98 Å². The van der Waals surface area contributed by atoms with E-state index in [4.69, 9.17) is 11.6 Å². The SMILES string of the molecule is CC(C)c1ncccc1-c1ccc(Cl)c(F)c1. The van der Waals surface area contributed by atoms with Gasteiger partial charge >= 0.3 is 0 Å². The molecule has 0 amide bonds. The largest absolute Gasteiger partial charge is 0.260 e. The van der Waals surface area contributed by atoms with E-state index in [2.05, 4.69) is 18.8 Å². The molecule has 17 heavy (non-hydrogen) atoms. The van der Waals surface area contributed by atoms with Gasteiger partial charge in [0, 0.05) is 11.8 Å². The number of rotatable bonds is 2. The Morgan fingerprint density at radius 3 is 2.65 bits per heavy atom. The number of halogens is 2. The van der Waals surface area contributed by atoms with Gasteiger partial charge in [0.05, 0.1) is 10.7 Å². The van der Waals surface area contributed by atoms with Crippen LogP contribution in [0.5, 0.6) is 0 Å². The summed E-state index contributed by atoms with van der Waals surface area (Å²) in [5.41, 5.74) is 2.73. The third-order valence-corrected chi connectivity index (χ3v) is 2.92. The molecule has 0 aliphatic heterocycles. The Bertz CT molecular complexity index is 537. The second-order valence-electron chi connectivity index (χ2n) is 4.22. The number of pyridine rings is 1. The van der Waals surface area contributed by atoms with Crippen LogP contribution in [0.1, 0.15) is 25.5 Å². The Hall–Kier alpha value is -1.41. The Morgan fingerprint density at radius 1 is 1.24 bits per heavy atom. The smallest absolute Gasteiger partial charge is 0.142 e. The van der Waals surface area contributed by atoms with Crippen molar-refractivity contribution in [1.29, 1.82) is 0 Å². The Balaban J connectivity index is 2.56. The van der Waals surface area contributed by atoms with Crippen molar-refractivity contribution in [3.8, 4) is 11.1 Å². The van der Waals surface area contributed by atoms with Gasteiger partial charge in [-0.2, -0.15) is 0 Å². The maximum atomic E-state index is 13.4. The zero-order valence-corrected chi connectivity index (χ0v) is 10.5.